The third-order valence-electron chi connectivity index (χ3n) is 5.49. The number of carbonyl (C=O) groups excluding carboxylic acids is 1. The largest absolute Gasteiger partial charge is 0.443 e. The van der Waals surface area contributed by atoms with E-state index in [4.69, 9.17) is 4.42 Å². The molecule has 1 saturated heterocycles. The van der Waals surface area contributed by atoms with Gasteiger partial charge < -0.3 is 14.6 Å². The molecule has 9 heteroatoms. The summed E-state index contributed by atoms with van der Waals surface area (Å²) in [5.74, 6) is 1.04. The van der Waals surface area contributed by atoms with Gasteiger partial charge in [-0.1, -0.05) is 23.9 Å². The van der Waals surface area contributed by atoms with E-state index >= 15 is 0 Å². The lowest BCUT2D eigenvalue weighted by atomic mass is 10.1. The van der Waals surface area contributed by atoms with Crippen molar-refractivity contribution in [3.8, 4) is 6.07 Å². The van der Waals surface area contributed by atoms with Crippen molar-refractivity contribution in [3.63, 3.8) is 0 Å². The van der Waals surface area contributed by atoms with Gasteiger partial charge in [-0.15, -0.1) is 10.2 Å². The number of nitrogens with one attached hydrogen (secondary N) is 1. The Morgan fingerprint density at radius 2 is 2.03 bits per heavy atom. The first kappa shape index (κ1) is 19.0. The number of furan rings is 1. The van der Waals surface area contributed by atoms with E-state index in [1.54, 1.807) is 6.07 Å². The average Bonchev–Trinajstić information content (AvgIpc) is 3.44. The summed E-state index contributed by atoms with van der Waals surface area (Å²) < 4.78 is 7.73. The summed E-state index contributed by atoms with van der Waals surface area (Å²) in [6.07, 6.45) is 5.89. The second-order valence-electron chi connectivity index (χ2n) is 7.68. The summed E-state index contributed by atoms with van der Waals surface area (Å²) in [5, 5.41) is 22.5. The molecular weight excluding hydrogens is 400 g/mol. The molecule has 2 fully saturated rings. The number of carbonyl (C=O) groups is 1. The Bertz CT molecular complexity index is 1120. The molecule has 3 aromatic rings. The van der Waals surface area contributed by atoms with Crippen molar-refractivity contribution in [2.24, 2.45) is 0 Å². The van der Waals surface area contributed by atoms with Crippen molar-refractivity contribution in [2.75, 3.05) is 29.1 Å². The summed E-state index contributed by atoms with van der Waals surface area (Å²) in [5.41, 5.74) is 1.01. The van der Waals surface area contributed by atoms with Crippen LogP contribution in [0.4, 0.5) is 11.6 Å². The number of benzene rings is 1. The third kappa shape index (κ3) is 3.63. The van der Waals surface area contributed by atoms with Crippen molar-refractivity contribution in [1.82, 2.24) is 14.8 Å². The van der Waals surface area contributed by atoms with Crippen LogP contribution in [0.25, 0.3) is 11.0 Å². The maximum absolute atomic E-state index is 12.6. The van der Waals surface area contributed by atoms with Crippen LogP contribution in [0.5, 0.6) is 0 Å². The van der Waals surface area contributed by atoms with E-state index in [-0.39, 0.29) is 17.4 Å². The number of piperidine rings is 1. The van der Waals surface area contributed by atoms with E-state index < -0.39 is 0 Å². The number of hydrogen-bond donors (Lipinski definition) is 1. The maximum Gasteiger partial charge on any atom is 0.234 e. The first-order chi connectivity index (χ1) is 14.7. The molecule has 0 bridgehead atoms. The molecule has 1 amide bonds. The lowest BCUT2D eigenvalue weighted by Crippen LogP contribution is -2.32. The first-order valence-corrected chi connectivity index (χ1v) is 11.3. The van der Waals surface area contributed by atoms with Gasteiger partial charge >= 0.3 is 0 Å². The average molecular weight is 423 g/mol. The molecule has 2 aromatic heterocycles. The molecule has 30 heavy (non-hydrogen) atoms. The van der Waals surface area contributed by atoms with Gasteiger partial charge in [0.15, 0.2) is 5.16 Å². The molecular formula is C21H22N6O2S. The standard InChI is InChI=1S/C21H22N6O2S/c22-12-17-19(15-6-2-3-7-16(15)29-17)23-18(28)13-30-21-25-24-20(27(21)14-8-9-14)26-10-4-1-5-11-26/h2-3,6-7,14H,1,4-5,8-11,13H2,(H,23,28). The highest BCUT2D eigenvalue weighted by molar-refractivity contribution is 7.99. The van der Waals surface area contributed by atoms with Crippen LogP contribution >= 0.6 is 11.8 Å². The third-order valence-corrected chi connectivity index (χ3v) is 6.43. The van der Waals surface area contributed by atoms with Crippen molar-refractivity contribution >= 4 is 40.3 Å². The minimum absolute atomic E-state index is 0.114. The number of nitriles is 1. The van der Waals surface area contributed by atoms with Crippen LogP contribution in [0.15, 0.2) is 33.8 Å². The molecule has 8 nitrogen and oxygen atoms in total. The van der Waals surface area contributed by atoms with E-state index in [2.05, 4.69) is 25.0 Å². The molecule has 0 atom stereocenters. The zero-order valence-corrected chi connectivity index (χ0v) is 17.3. The summed E-state index contributed by atoms with van der Waals surface area (Å²) in [6, 6.07) is 9.74. The van der Waals surface area contributed by atoms with E-state index in [0.717, 1.165) is 42.4 Å². The summed E-state index contributed by atoms with van der Waals surface area (Å²) in [4.78, 5) is 15.0. The van der Waals surface area contributed by atoms with E-state index in [1.807, 2.05) is 24.3 Å². The van der Waals surface area contributed by atoms with Crippen molar-refractivity contribution in [1.29, 1.82) is 5.26 Å². The molecule has 154 valence electrons. The number of nitrogens with zero attached hydrogens (tertiary/aromatic N) is 5. The van der Waals surface area contributed by atoms with Crippen molar-refractivity contribution in [3.05, 3.63) is 30.0 Å². The van der Waals surface area contributed by atoms with Gasteiger partial charge in [-0.25, -0.2) is 0 Å². The summed E-state index contributed by atoms with van der Waals surface area (Å²) in [6.45, 7) is 2.03. The monoisotopic (exact) mass is 422 g/mol. The molecule has 1 N–H and O–H groups in total. The zero-order chi connectivity index (χ0) is 20.5. The minimum Gasteiger partial charge on any atom is -0.443 e. The summed E-state index contributed by atoms with van der Waals surface area (Å²) in [7, 11) is 0. The Hall–Kier alpha value is -2.99. The number of aromatic nitrogens is 3. The quantitative estimate of drug-likeness (QED) is 0.600. The topological polar surface area (TPSA) is 100.0 Å². The van der Waals surface area contributed by atoms with Gasteiger partial charge in [-0.05, 0) is 44.2 Å². The predicted octanol–water partition coefficient (Wildman–Crippen LogP) is 3.95. The number of anilines is 2. The molecule has 0 spiro atoms. The molecule has 0 unspecified atom stereocenters. The highest BCUT2D eigenvalue weighted by Crippen LogP contribution is 2.41. The van der Waals surface area contributed by atoms with Crippen LogP contribution in [0, 0.1) is 11.3 Å². The number of hydrogen-bond acceptors (Lipinski definition) is 7. The molecule has 1 saturated carbocycles. The smallest absolute Gasteiger partial charge is 0.234 e. The van der Waals surface area contributed by atoms with Crippen LogP contribution in [-0.4, -0.2) is 39.5 Å². The van der Waals surface area contributed by atoms with Gasteiger partial charge in [-0.2, -0.15) is 5.26 Å². The number of amides is 1. The number of rotatable bonds is 6. The molecule has 1 aliphatic carbocycles. The fourth-order valence-electron chi connectivity index (χ4n) is 3.88. The fourth-order valence-corrected chi connectivity index (χ4v) is 4.68. The van der Waals surface area contributed by atoms with Crippen LogP contribution in [0.3, 0.4) is 0 Å². The van der Waals surface area contributed by atoms with Crippen LogP contribution in [-0.2, 0) is 4.79 Å². The maximum atomic E-state index is 12.6. The van der Waals surface area contributed by atoms with Crippen LogP contribution in [0.2, 0.25) is 0 Å². The molecule has 3 heterocycles. The zero-order valence-electron chi connectivity index (χ0n) is 16.5. The highest BCUT2D eigenvalue weighted by Gasteiger charge is 2.32. The van der Waals surface area contributed by atoms with Crippen LogP contribution in [0.1, 0.15) is 43.9 Å². The lowest BCUT2D eigenvalue weighted by molar-refractivity contribution is -0.113. The predicted molar refractivity (Wildman–Crippen MR) is 115 cm³/mol. The Morgan fingerprint density at radius 3 is 2.80 bits per heavy atom. The van der Waals surface area contributed by atoms with Crippen LogP contribution < -0.4 is 10.2 Å². The number of fused-ring (bicyclic) bond motifs is 1. The second kappa shape index (κ2) is 8.03. The fraction of sp³-hybridized carbons (Fsp3) is 0.429. The Balaban J connectivity index is 1.31. The molecule has 5 rings (SSSR count). The molecule has 1 aliphatic heterocycles. The van der Waals surface area contributed by atoms with Gasteiger partial charge in [0.1, 0.15) is 17.3 Å². The number of thioether (sulfide) groups is 1. The lowest BCUT2D eigenvalue weighted by Gasteiger charge is -2.27. The van der Waals surface area contributed by atoms with Crippen molar-refractivity contribution < 1.29 is 9.21 Å². The molecule has 1 aromatic carbocycles. The second-order valence-corrected chi connectivity index (χ2v) is 8.62. The van der Waals surface area contributed by atoms with E-state index in [1.165, 1.54) is 31.0 Å². The molecule has 2 aliphatic rings. The van der Waals surface area contributed by atoms with Gasteiger partial charge in [0, 0.05) is 24.5 Å². The van der Waals surface area contributed by atoms with Gasteiger partial charge in [0.2, 0.25) is 17.6 Å². The Kier molecular flexibility index (Phi) is 5.09. The highest BCUT2D eigenvalue weighted by atomic mass is 32.2. The first-order valence-electron chi connectivity index (χ1n) is 10.3. The minimum atomic E-state index is -0.201. The van der Waals surface area contributed by atoms with Gasteiger partial charge in [0.25, 0.3) is 0 Å². The van der Waals surface area contributed by atoms with E-state index in [0.29, 0.717) is 17.3 Å². The summed E-state index contributed by atoms with van der Waals surface area (Å²) >= 11 is 1.39. The molecule has 0 radical (unpaired) electrons. The normalized spacial score (nSPS) is 16.6. The van der Waals surface area contributed by atoms with Gasteiger partial charge in [-0.3, -0.25) is 9.36 Å². The Labute approximate surface area is 178 Å². The SMILES string of the molecule is N#Cc1oc2ccccc2c1NC(=O)CSc1nnc(N2CCCCC2)n1C1CC1. The van der Waals surface area contributed by atoms with Gasteiger partial charge in [0.05, 0.1) is 5.75 Å². The Morgan fingerprint density at radius 1 is 1.23 bits per heavy atom. The number of para-hydroxylation sites is 1. The van der Waals surface area contributed by atoms with Crippen molar-refractivity contribution in [2.45, 2.75) is 43.3 Å². The van der Waals surface area contributed by atoms with E-state index in [9.17, 15) is 10.1 Å².